The third-order valence-electron chi connectivity index (χ3n) is 16.7. The molecule has 20 nitrogen and oxygen atoms in total. The van der Waals surface area contributed by atoms with Crippen molar-refractivity contribution in [3.8, 4) is 0 Å². The molecule has 3 fully saturated rings. The minimum atomic E-state index is -5.07. The normalized spacial score (nSPS) is 20.4. The monoisotopic (exact) mass is 1590 g/mol. The Morgan fingerprint density at radius 3 is 1.11 bits per heavy atom. The molecule has 0 spiro atoms. The van der Waals surface area contributed by atoms with Crippen LogP contribution in [0.2, 0.25) is 0 Å². The Bertz CT molecular complexity index is 4410. The van der Waals surface area contributed by atoms with Crippen molar-refractivity contribution in [1.82, 2.24) is 44.8 Å². The van der Waals surface area contributed by atoms with Gasteiger partial charge in [-0.25, -0.2) is 32.4 Å². The molecule has 108 heavy (non-hydrogen) atoms. The number of benzene rings is 6. The van der Waals surface area contributed by atoms with E-state index >= 15 is 0 Å². The fourth-order valence-corrected chi connectivity index (χ4v) is 12.0. The lowest BCUT2D eigenvalue weighted by Crippen LogP contribution is -2.46. The second-order valence-corrected chi connectivity index (χ2v) is 25.8. The maximum Gasteiger partial charge on any atom is 0.454 e. The minimum absolute atomic E-state index is 0.00603. The van der Waals surface area contributed by atoms with Crippen LogP contribution in [0.15, 0.2) is 137 Å². The summed E-state index contributed by atoms with van der Waals surface area (Å²) in [5.74, 6) is -1.47. The Morgan fingerprint density at radius 2 is 0.796 bits per heavy atom. The van der Waals surface area contributed by atoms with Crippen LogP contribution in [0.25, 0.3) is 0 Å². The van der Waals surface area contributed by atoms with Crippen LogP contribution < -0.4 is 16.7 Å². The Labute approximate surface area is 595 Å². The summed E-state index contributed by atoms with van der Waals surface area (Å²) in [5.41, 5.74) is -10.1. The SMILES string of the molecule is C[C@@H](O[C@H]1OCCN(Cc2n[nH]c(=O)[nH]2)[C@H]1c1ccc(F)cc1)c1cc(C(F)(F)F)cc(C(F)(F)F)c1.C[C@@H](O[C@H]1OCCN(Cc2nn(P(=O)(O)O)c(=O)[nH]2)[C@H]1c1ccc(F)cc1)c1cc(C(F)(F)F)cc(C(F)(F)F)c1.C[C@@H](O[C@H]1OCCN[C@H]1c1ccc(F)cc1)c1cc(C(F)(F)F)cc(C(F)(F)F)c1. The number of alkyl halides is 18. The largest absolute Gasteiger partial charge is 0.454 e. The van der Waals surface area contributed by atoms with E-state index in [9.17, 15) is 116 Å². The number of hydrogen-bond acceptors (Lipinski definition) is 14. The number of halogens is 21. The summed E-state index contributed by atoms with van der Waals surface area (Å²) < 4.78 is 325. The van der Waals surface area contributed by atoms with Gasteiger partial charge < -0.3 is 43.5 Å². The Balaban J connectivity index is 0.000000189. The van der Waals surface area contributed by atoms with Crippen molar-refractivity contribution in [2.45, 2.75) is 126 Å². The molecule has 6 N–H and O–H groups in total. The van der Waals surface area contributed by atoms with Gasteiger partial charge in [0.25, 0.3) is 0 Å². The summed E-state index contributed by atoms with van der Waals surface area (Å²) in [6.45, 7) is 4.87. The topological polar surface area (TPSA) is 244 Å². The van der Waals surface area contributed by atoms with Crippen LogP contribution in [0.4, 0.5) is 92.2 Å². The quantitative estimate of drug-likeness (QED) is 0.0367. The van der Waals surface area contributed by atoms with Gasteiger partial charge in [0.05, 0.1) is 103 Å². The van der Waals surface area contributed by atoms with E-state index in [1.54, 1.807) is 9.80 Å². The molecule has 0 unspecified atom stereocenters. The number of aromatic nitrogens is 6. The van der Waals surface area contributed by atoms with Gasteiger partial charge in [0.1, 0.15) is 29.1 Å². The lowest BCUT2D eigenvalue weighted by molar-refractivity contribution is -0.231. The molecule has 5 heterocycles. The van der Waals surface area contributed by atoms with Gasteiger partial charge >= 0.3 is 56.2 Å². The average molecular weight is 1590 g/mol. The van der Waals surface area contributed by atoms with E-state index in [2.05, 4.69) is 30.6 Å². The number of hydrogen-bond donors (Lipinski definition) is 6. The maximum atomic E-state index is 13.7. The van der Waals surface area contributed by atoms with Gasteiger partial charge in [-0.15, -0.1) is 9.55 Å². The molecule has 0 bridgehead atoms. The van der Waals surface area contributed by atoms with Gasteiger partial charge in [0, 0.05) is 19.6 Å². The molecule has 9 atom stereocenters. The highest BCUT2D eigenvalue weighted by atomic mass is 31.2. The second kappa shape index (κ2) is 33.4. The van der Waals surface area contributed by atoms with E-state index in [1.807, 2.05) is 0 Å². The van der Waals surface area contributed by atoms with Crippen LogP contribution in [0, 0.1) is 17.5 Å². The first-order chi connectivity index (χ1) is 50.2. The average Bonchev–Trinajstić information content (AvgIpc) is 1.10. The van der Waals surface area contributed by atoms with Crippen LogP contribution in [-0.2, 0) is 83.1 Å². The molecule has 0 saturated carbocycles. The van der Waals surface area contributed by atoms with Gasteiger partial charge in [-0.1, -0.05) is 36.4 Å². The Hall–Kier alpha value is -8.48. The predicted molar refractivity (Wildman–Crippen MR) is 333 cm³/mol. The maximum absolute atomic E-state index is 13.7. The van der Waals surface area contributed by atoms with Crippen LogP contribution in [0.1, 0.15) is 136 Å². The van der Waals surface area contributed by atoms with Crippen molar-refractivity contribution in [2.75, 3.05) is 39.5 Å². The van der Waals surface area contributed by atoms with Crippen molar-refractivity contribution in [2.24, 2.45) is 0 Å². The number of morpholine rings is 3. The molecular formula is C66H61F21N9O11P. The molecular weight excluding hydrogens is 1520 g/mol. The third kappa shape index (κ3) is 21.9. The molecule has 42 heteroatoms. The summed E-state index contributed by atoms with van der Waals surface area (Å²) in [6, 6.07) is 17.0. The van der Waals surface area contributed by atoms with Gasteiger partial charge in [-0.3, -0.25) is 19.8 Å². The molecule has 8 aromatic rings. The smallest absolute Gasteiger partial charge is 0.349 e. The highest BCUT2D eigenvalue weighted by Gasteiger charge is 2.44. The van der Waals surface area contributed by atoms with E-state index in [4.69, 9.17) is 28.4 Å². The van der Waals surface area contributed by atoms with E-state index in [1.165, 1.54) is 81.4 Å². The molecule has 0 aliphatic carbocycles. The lowest BCUT2D eigenvalue weighted by atomic mass is 10.0. The number of H-pyrrole nitrogens is 3. The minimum Gasteiger partial charge on any atom is -0.349 e. The first-order valence-corrected chi connectivity index (χ1v) is 33.3. The summed E-state index contributed by atoms with van der Waals surface area (Å²) in [5, 5.41) is 12.8. The van der Waals surface area contributed by atoms with Gasteiger partial charge in [0.2, 0.25) is 0 Å². The Morgan fingerprint density at radius 1 is 0.472 bits per heavy atom. The molecule has 0 radical (unpaired) electrons. The standard InChI is InChI=1S/C23H22F7N4O6P.C23H21F7N4O3.C20H18F7NO2/c1-12(14-8-15(22(25,26)27)10-16(9-14)23(28,29)30)40-20-19(13-2-4-17(24)5-3-13)33(6-7-39-20)11-18-31-21(35)34(32-18)41(36,37)38;1-12(14-8-15(22(25,26)27)10-16(9-14)23(28,29)30)37-20-19(13-2-4-17(24)5-3-13)34(6-7-36-20)11-18-31-21(35)33-32-18;1-11(13-8-14(19(22,23)24)10-15(9-13)20(25,26)27)30-18-17(28-6-7-29-18)12-2-4-16(21)5-3-12/h2-5,8-10,12,19-20H,6-7,11H2,1H3,(H,31,32,35)(H2,36,37,38);2-5,8-10,12,19-20H,6-7,11H2,1H3,(H2,31,32,33,35);2-5,8-11,17-18,28H,6-7H2,1H3/t2*12-,19+,20-;11-,17+,18-/m111/s1. The fraction of sp³-hybridized carbons (Fsp3) is 0.394. The third-order valence-corrected chi connectivity index (χ3v) is 17.5. The number of rotatable bonds is 17. The lowest BCUT2D eigenvalue weighted by Gasteiger charge is -2.41. The first kappa shape index (κ1) is 83.6. The molecule has 0 amide bonds. The van der Waals surface area contributed by atoms with Crippen LogP contribution in [0.5, 0.6) is 0 Å². The van der Waals surface area contributed by atoms with Crippen LogP contribution >= 0.6 is 7.75 Å². The van der Waals surface area contributed by atoms with Crippen molar-refractivity contribution in [3.63, 3.8) is 0 Å². The number of aromatic amines is 3. The molecule has 3 aliphatic heterocycles. The van der Waals surface area contributed by atoms with E-state index in [0.29, 0.717) is 66.2 Å². The molecule has 11 rings (SSSR count). The van der Waals surface area contributed by atoms with Crippen molar-refractivity contribution >= 4 is 7.75 Å². The van der Waals surface area contributed by atoms with E-state index < -0.39 is 168 Å². The predicted octanol–water partition coefficient (Wildman–Crippen LogP) is 14.9. The van der Waals surface area contributed by atoms with Crippen LogP contribution in [0.3, 0.4) is 0 Å². The Kier molecular flexibility index (Phi) is 25.8. The zero-order chi connectivity index (χ0) is 79.4. The molecule has 3 saturated heterocycles. The van der Waals surface area contributed by atoms with Crippen molar-refractivity contribution in [1.29, 1.82) is 0 Å². The zero-order valence-corrected chi connectivity index (χ0v) is 56.6. The van der Waals surface area contributed by atoms with Gasteiger partial charge in [-0.2, -0.15) is 84.1 Å². The molecule has 3 aliphatic rings. The fourth-order valence-electron chi connectivity index (χ4n) is 11.5. The van der Waals surface area contributed by atoms with Gasteiger partial charge in [-0.05, 0) is 145 Å². The highest BCUT2D eigenvalue weighted by Crippen LogP contribution is 2.45. The summed E-state index contributed by atoms with van der Waals surface area (Å²) >= 11 is 0. The van der Waals surface area contributed by atoms with Gasteiger partial charge in [0.15, 0.2) is 18.9 Å². The van der Waals surface area contributed by atoms with Crippen molar-refractivity contribution in [3.05, 3.63) is 244 Å². The summed E-state index contributed by atoms with van der Waals surface area (Å²) in [6.07, 6.45) is -37.3. The number of nitrogens with one attached hydrogen (secondary N) is 4. The second-order valence-electron chi connectivity index (χ2n) is 24.4. The molecule has 6 aromatic carbocycles. The molecule has 2 aromatic heterocycles. The summed E-state index contributed by atoms with van der Waals surface area (Å²) in [4.78, 5) is 50.1. The summed E-state index contributed by atoms with van der Waals surface area (Å²) in [7, 11) is -5.07. The zero-order valence-electron chi connectivity index (χ0n) is 55.7. The van der Waals surface area contributed by atoms with Crippen molar-refractivity contribution < 1.29 is 135 Å². The first-order valence-electron chi connectivity index (χ1n) is 31.7. The number of ether oxygens (including phenoxy) is 6. The molecule has 588 valence electrons. The highest BCUT2D eigenvalue weighted by molar-refractivity contribution is 7.49. The van der Waals surface area contributed by atoms with E-state index in [0.717, 1.165) is 12.1 Å². The van der Waals surface area contributed by atoms with Crippen LogP contribution in [-0.4, -0.2) is 108 Å². The van der Waals surface area contributed by atoms with E-state index in [-0.39, 0.29) is 84.9 Å². The number of nitrogens with zero attached hydrogens (tertiary/aromatic N) is 5.